The number of rotatable bonds is 1. The van der Waals surface area contributed by atoms with E-state index in [4.69, 9.17) is 4.74 Å². The van der Waals surface area contributed by atoms with Gasteiger partial charge >= 0.3 is 0 Å². The lowest BCUT2D eigenvalue weighted by Crippen LogP contribution is -2.42. The van der Waals surface area contributed by atoms with Crippen molar-refractivity contribution in [3.05, 3.63) is 23.3 Å². The molecule has 1 aliphatic carbocycles. The molecule has 3 rings (SSSR count). The molecule has 0 unspecified atom stereocenters. The van der Waals surface area contributed by atoms with E-state index in [0.29, 0.717) is 18.6 Å². The van der Waals surface area contributed by atoms with Crippen LogP contribution in [0.4, 0.5) is 0 Å². The number of hydrogen-bond acceptors (Lipinski definition) is 4. The third-order valence-electron chi connectivity index (χ3n) is 5.17. The minimum absolute atomic E-state index is 0.0246. The lowest BCUT2D eigenvalue weighted by molar-refractivity contribution is -0.143. The first-order valence-electron chi connectivity index (χ1n) is 6.59. The minimum Gasteiger partial charge on any atom is -0.508 e. The summed E-state index contributed by atoms with van der Waals surface area (Å²) in [5, 5.41) is 30.3. The van der Waals surface area contributed by atoms with E-state index in [9.17, 15) is 15.3 Å². The van der Waals surface area contributed by atoms with Gasteiger partial charge in [0.05, 0.1) is 0 Å². The van der Waals surface area contributed by atoms with Crippen LogP contribution in [0.5, 0.6) is 11.5 Å². The van der Waals surface area contributed by atoms with E-state index >= 15 is 0 Å². The molecule has 1 fully saturated rings. The van der Waals surface area contributed by atoms with Gasteiger partial charge in [0.25, 0.3) is 0 Å². The molecule has 1 aromatic rings. The van der Waals surface area contributed by atoms with Gasteiger partial charge < -0.3 is 20.1 Å². The van der Waals surface area contributed by atoms with Crippen molar-refractivity contribution in [1.29, 1.82) is 0 Å². The third kappa shape index (κ3) is 1.47. The highest BCUT2D eigenvalue weighted by Gasteiger charge is 2.64. The number of aromatic hydroxyl groups is 1. The fraction of sp³-hybridized carbons (Fsp3) is 0.600. The normalized spacial score (nSPS) is 39.8. The Morgan fingerprint density at radius 2 is 1.95 bits per heavy atom. The second-order valence-electron chi connectivity index (χ2n) is 6.59. The quantitative estimate of drug-likeness (QED) is 0.724. The molecular weight excluding hydrogens is 244 g/mol. The van der Waals surface area contributed by atoms with E-state index in [0.717, 1.165) is 11.1 Å². The van der Waals surface area contributed by atoms with Gasteiger partial charge in [-0.25, -0.2) is 0 Å². The van der Waals surface area contributed by atoms with Gasteiger partial charge in [-0.1, -0.05) is 13.8 Å². The molecule has 0 saturated heterocycles. The zero-order chi connectivity index (χ0) is 14.1. The Morgan fingerprint density at radius 3 is 2.58 bits per heavy atom. The van der Waals surface area contributed by atoms with Crippen molar-refractivity contribution in [1.82, 2.24) is 0 Å². The standard InChI is InChI=1S/C15H20O4/c1-9-4-12-10(5-11(9)17)14(3)7-15(18,19-12)6-13(14,2)8-16/h4-5,16-18H,6-8H2,1-3H3/t13-,14-,15+/m1/s1. The number of aliphatic hydroxyl groups excluding tert-OH is 1. The molecule has 2 aliphatic rings. The molecule has 1 saturated carbocycles. The van der Waals surface area contributed by atoms with Gasteiger partial charge in [-0.05, 0) is 24.6 Å². The van der Waals surface area contributed by atoms with Crippen LogP contribution < -0.4 is 4.74 Å². The molecule has 0 aromatic heterocycles. The van der Waals surface area contributed by atoms with E-state index in [1.165, 1.54) is 0 Å². The molecule has 0 radical (unpaired) electrons. The Kier molecular flexibility index (Phi) is 2.31. The Bertz CT molecular complexity index is 555. The zero-order valence-corrected chi connectivity index (χ0v) is 11.5. The summed E-state index contributed by atoms with van der Waals surface area (Å²) in [5.41, 5.74) is 0.719. The maximum atomic E-state index is 10.6. The molecule has 1 aliphatic heterocycles. The highest BCUT2D eigenvalue weighted by atomic mass is 16.6. The second-order valence-corrected chi connectivity index (χ2v) is 6.59. The van der Waals surface area contributed by atoms with Gasteiger partial charge in [-0.2, -0.15) is 0 Å². The highest BCUT2D eigenvalue weighted by Crippen LogP contribution is 2.63. The zero-order valence-electron chi connectivity index (χ0n) is 11.5. The number of ether oxygens (including phenoxy) is 1. The van der Waals surface area contributed by atoms with Crippen LogP contribution in [0.1, 0.15) is 37.8 Å². The summed E-state index contributed by atoms with van der Waals surface area (Å²) in [6.45, 7) is 5.76. The van der Waals surface area contributed by atoms with Crippen molar-refractivity contribution < 1.29 is 20.1 Å². The second kappa shape index (κ2) is 3.44. The topological polar surface area (TPSA) is 69.9 Å². The summed E-state index contributed by atoms with van der Waals surface area (Å²) in [4.78, 5) is 0. The van der Waals surface area contributed by atoms with Gasteiger partial charge in [-0.15, -0.1) is 0 Å². The van der Waals surface area contributed by atoms with Crippen LogP contribution in [0.25, 0.3) is 0 Å². The van der Waals surface area contributed by atoms with Crippen LogP contribution in [0.2, 0.25) is 0 Å². The molecule has 4 nitrogen and oxygen atoms in total. The lowest BCUT2D eigenvalue weighted by Gasteiger charge is -2.42. The molecular formula is C15H20O4. The molecule has 19 heavy (non-hydrogen) atoms. The van der Waals surface area contributed by atoms with Crippen LogP contribution in [0.3, 0.4) is 0 Å². The van der Waals surface area contributed by atoms with Crippen molar-refractivity contribution >= 4 is 0 Å². The maximum absolute atomic E-state index is 10.6. The van der Waals surface area contributed by atoms with Crippen molar-refractivity contribution in [3.8, 4) is 11.5 Å². The maximum Gasteiger partial charge on any atom is 0.209 e. The van der Waals surface area contributed by atoms with Crippen molar-refractivity contribution in [2.75, 3.05) is 6.61 Å². The predicted molar refractivity (Wildman–Crippen MR) is 70.2 cm³/mol. The summed E-state index contributed by atoms with van der Waals surface area (Å²) in [6.07, 6.45) is 0.827. The van der Waals surface area contributed by atoms with Gasteiger partial charge in [-0.3, -0.25) is 0 Å². The Balaban J connectivity index is 2.26. The molecule has 3 atom stereocenters. The average molecular weight is 264 g/mol. The van der Waals surface area contributed by atoms with Crippen LogP contribution >= 0.6 is 0 Å². The molecule has 1 heterocycles. The number of phenols is 1. The fourth-order valence-corrected chi connectivity index (χ4v) is 3.75. The Morgan fingerprint density at radius 1 is 1.26 bits per heavy atom. The predicted octanol–water partition coefficient (Wildman–Crippen LogP) is 1.83. The fourth-order valence-electron chi connectivity index (χ4n) is 3.75. The van der Waals surface area contributed by atoms with Crippen LogP contribution in [0, 0.1) is 12.3 Å². The van der Waals surface area contributed by atoms with E-state index < -0.39 is 16.6 Å². The van der Waals surface area contributed by atoms with Gasteiger partial charge in [0, 0.05) is 35.8 Å². The van der Waals surface area contributed by atoms with Crippen molar-refractivity contribution in [2.45, 2.75) is 44.8 Å². The SMILES string of the molecule is Cc1cc2c(cc1O)[C@@]1(C)C[C@](O)(C[C@]1(C)CO)O2. The van der Waals surface area contributed by atoms with Gasteiger partial charge in [0.15, 0.2) is 0 Å². The molecule has 0 amide bonds. The summed E-state index contributed by atoms with van der Waals surface area (Å²) in [6, 6.07) is 3.47. The molecule has 104 valence electrons. The first-order valence-corrected chi connectivity index (χ1v) is 6.59. The van der Waals surface area contributed by atoms with Crippen LogP contribution in [-0.4, -0.2) is 27.7 Å². The summed E-state index contributed by atoms with van der Waals surface area (Å²) in [5.74, 6) is -0.382. The van der Waals surface area contributed by atoms with E-state index in [2.05, 4.69) is 0 Å². The number of benzene rings is 1. The number of aliphatic hydroxyl groups is 2. The monoisotopic (exact) mass is 264 g/mol. The molecule has 2 bridgehead atoms. The van der Waals surface area contributed by atoms with Gasteiger partial charge in [0.1, 0.15) is 11.5 Å². The van der Waals surface area contributed by atoms with Crippen molar-refractivity contribution in [2.24, 2.45) is 5.41 Å². The number of aryl methyl sites for hydroxylation is 1. The Hall–Kier alpha value is -1.26. The molecule has 1 aromatic carbocycles. The van der Waals surface area contributed by atoms with Crippen molar-refractivity contribution in [3.63, 3.8) is 0 Å². The molecule has 0 spiro atoms. The van der Waals surface area contributed by atoms with E-state index in [-0.39, 0.29) is 12.4 Å². The van der Waals surface area contributed by atoms with E-state index in [1.807, 2.05) is 13.8 Å². The number of hydrogen-bond donors (Lipinski definition) is 3. The lowest BCUT2D eigenvalue weighted by atomic mass is 9.64. The smallest absolute Gasteiger partial charge is 0.209 e. The first-order chi connectivity index (χ1) is 8.73. The van der Waals surface area contributed by atoms with E-state index in [1.54, 1.807) is 19.1 Å². The highest BCUT2D eigenvalue weighted by molar-refractivity contribution is 5.52. The number of fused-ring (bicyclic) bond motifs is 4. The summed E-state index contributed by atoms with van der Waals surface area (Å²) < 4.78 is 5.74. The molecule has 3 N–H and O–H groups in total. The Labute approximate surface area is 112 Å². The average Bonchev–Trinajstić information content (AvgIpc) is 2.48. The van der Waals surface area contributed by atoms with Crippen LogP contribution in [0.15, 0.2) is 12.1 Å². The van der Waals surface area contributed by atoms with Gasteiger partial charge in [0.2, 0.25) is 5.79 Å². The minimum atomic E-state index is -1.22. The first kappa shape index (κ1) is 12.8. The molecule has 4 heteroatoms. The largest absolute Gasteiger partial charge is 0.508 e. The summed E-state index contributed by atoms with van der Waals surface area (Å²) in [7, 11) is 0. The number of phenolic OH excluding ortho intramolecular Hbond substituents is 1. The van der Waals surface area contributed by atoms with Crippen LogP contribution in [-0.2, 0) is 5.41 Å². The summed E-state index contributed by atoms with van der Waals surface area (Å²) >= 11 is 0. The third-order valence-corrected chi connectivity index (χ3v) is 5.17.